The van der Waals surface area contributed by atoms with E-state index in [2.05, 4.69) is 5.32 Å². The van der Waals surface area contributed by atoms with E-state index >= 15 is 0 Å². The summed E-state index contributed by atoms with van der Waals surface area (Å²) in [6.07, 6.45) is -0.794. The number of rotatable bonds is 2. The van der Waals surface area contributed by atoms with E-state index in [-0.39, 0.29) is 0 Å². The Labute approximate surface area is 57.7 Å². The molecule has 5 nitrogen and oxygen atoms in total. The van der Waals surface area contributed by atoms with Crippen molar-refractivity contribution in [2.75, 3.05) is 6.61 Å². The Hall–Kier alpha value is -1.10. The van der Waals surface area contributed by atoms with Crippen molar-refractivity contribution in [3.05, 3.63) is 0 Å². The van der Waals surface area contributed by atoms with Crippen LogP contribution in [0.5, 0.6) is 0 Å². The van der Waals surface area contributed by atoms with E-state index in [1.54, 1.807) is 6.92 Å². The Kier molecular flexibility index (Phi) is 1.86. The fourth-order valence-electron chi connectivity index (χ4n) is 0.682. The molecule has 0 aromatic carbocycles. The van der Waals surface area contributed by atoms with Crippen LogP contribution in [0, 0.1) is 0 Å². The van der Waals surface area contributed by atoms with Gasteiger partial charge in [0.25, 0.3) is 5.91 Å². The molecule has 5 heteroatoms. The van der Waals surface area contributed by atoms with E-state index in [0.717, 1.165) is 0 Å². The van der Waals surface area contributed by atoms with Gasteiger partial charge in [-0.2, -0.15) is 0 Å². The highest BCUT2D eigenvalue weighted by atomic mass is 16.5. The van der Waals surface area contributed by atoms with Crippen LogP contribution in [0.4, 0.5) is 4.79 Å². The lowest BCUT2D eigenvalue weighted by Crippen LogP contribution is -2.31. The van der Waals surface area contributed by atoms with Crippen molar-refractivity contribution >= 4 is 11.9 Å². The maximum atomic E-state index is 10.7. The number of carbonyl (C=O) groups is 2. The summed E-state index contributed by atoms with van der Waals surface area (Å²) in [4.78, 5) is 21.1. The highest BCUT2D eigenvalue weighted by molar-refractivity contribution is 6.03. The van der Waals surface area contributed by atoms with Gasteiger partial charge < -0.3 is 10.1 Å². The molecule has 0 aliphatic carbocycles. The Morgan fingerprint density at radius 1 is 1.60 bits per heavy atom. The molecule has 1 fully saturated rings. The van der Waals surface area contributed by atoms with Gasteiger partial charge in [-0.3, -0.25) is 10.1 Å². The summed E-state index contributed by atoms with van der Waals surface area (Å²) in [7, 11) is 0. The summed E-state index contributed by atoms with van der Waals surface area (Å²) in [5.74, 6) is -0.424. The minimum absolute atomic E-state index is 0.401. The third kappa shape index (κ3) is 1.24. The van der Waals surface area contributed by atoms with Crippen LogP contribution in [0.2, 0.25) is 0 Å². The maximum Gasteiger partial charge on any atom is 0.323 e. The van der Waals surface area contributed by atoms with Crippen molar-refractivity contribution in [3.8, 4) is 0 Å². The van der Waals surface area contributed by atoms with Crippen LogP contribution < -0.4 is 10.6 Å². The Morgan fingerprint density at radius 2 is 2.30 bits per heavy atom. The minimum Gasteiger partial charge on any atom is -0.350 e. The third-order valence-corrected chi connectivity index (χ3v) is 1.07. The molecule has 1 saturated heterocycles. The van der Waals surface area contributed by atoms with Crippen molar-refractivity contribution in [2.45, 2.75) is 13.2 Å². The summed E-state index contributed by atoms with van der Waals surface area (Å²) in [5, 5.41) is 4.32. The molecule has 0 saturated carbocycles. The molecule has 56 valence electrons. The molecule has 2 N–H and O–H groups in total. The first-order valence-electron chi connectivity index (χ1n) is 2.97. The number of hydrogen-bond donors (Lipinski definition) is 2. The monoisotopic (exact) mass is 144 g/mol. The average molecular weight is 144 g/mol. The molecular formula is C5H8N2O3. The molecule has 0 aromatic rings. The van der Waals surface area contributed by atoms with Crippen LogP contribution >= 0.6 is 0 Å². The number of urea groups is 1. The molecule has 10 heavy (non-hydrogen) atoms. The largest absolute Gasteiger partial charge is 0.350 e. The average Bonchev–Trinajstić information content (AvgIpc) is 2.13. The minimum atomic E-state index is -0.794. The molecule has 0 radical (unpaired) electrons. The van der Waals surface area contributed by atoms with E-state index in [1.165, 1.54) is 0 Å². The summed E-state index contributed by atoms with van der Waals surface area (Å²) in [6, 6.07) is -0.497. The summed E-state index contributed by atoms with van der Waals surface area (Å²) >= 11 is 0. The summed E-state index contributed by atoms with van der Waals surface area (Å²) in [5.41, 5.74) is 0. The van der Waals surface area contributed by atoms with E-state index in [1.807, 2.05) is 5.32 Å². The number of hydrogen-bond acceptors (Lipinski definition) is 3. The van der Waals surface area contributed by atoms with Gasteiger partial charge in [0.2, 0.25) is 6.23 Å². The maximum absolute atomic E-state index is 10.7. The van der Waals surface area contributed by atoms with Crippen molar-refractivity contribution in [1.82, 2.24) is 10.6 Å². The fraction of sp³-hybridized carbons (Fsp3) is 0.600. The highest BCUT2D eigenvalue weighted by Gasteiger charge is 2.29. The van der Waals surface area contributed by atoms with E-state index in [0.29, 0.717) is 6.61 Å². The van der Waals surface area contributed by atoms with Crippen LogP contribution in [-0.4, -0.2) is 24.8 Å². The quantitative estimate of drug-likeness (QED) is 0.498. The molecular weight excluding hydrogens is 136 g/mol. The summed E-state index contributed by atoms with van der Waals surface area (Å²) in [6.45, 7) is 2.15. The smallest absolute Gasteiger partial charge is 0.323 e. The molecule has 1 aliphatic rings. The van der Waals surface area contributed by atoms with E-state index in [4.69, 9.17) is 4.74 Å². The zero-order chi connectivity index (χ0) is 7.56. The number of carbonyl (C=O) groups excluding carboxylic acids is 2. The normalized spacial score (nSPS) is 24.3. The van der Waals surface area contributed by atoms with Gasteiger partial charge >= 0.3 is 6.03 Å². The third-order valence-electron chi connectivity index (χ3n) is 1.07. The van der Waals surface area contributed by atoms with Gasteiger partial charge in [0, 0.05) is 6.61 Å². The molecule has 1 heterocycles. The lowest BCUT2D eigenvalue weighted by atomic mass is 10.6. The second kappa shape index (κ2) is 2.66. The topological polar surface area (TPSA) is 67.4 Å². The van der Waals surface area contributed by atoms with E-state index in [9.17, 15) is 9.59 Å². The first-order chi connectivity index (χ1) is 4.74. The van der Waals surface area contributed by atoms with Crippen molar-refractivity contribution in [2.24, 2.45) is 0 Å². The number of ether oxygens (including phenoxy) is 1. The zero-order valence-corrected chi connectivity index (χ0v) is 5.51. The van der Waals surface area contributed by atoms with Crippen LogP contribution in [0.3, 0.4) is 0 Å². The van der Waals surface area contributed by atoms with Crippen molar-refractivity contribution in [3.63, 3.8) is 0 Å². The Morgan fingerprint density at radius 3 is 2.70 bits per heavy atom. The molecule has 3 amide bonds. The molecule has 0 aromatic heterocycles. The molecule has 1 atom stereocenters. The van der Waals surface area contributed by atoms with Crippen LogP contribution in [-0.2, 0) is 9.53 Å². The van der Waals surface area contributed by atoms with Crippen LogP contribution in [0.25, 0.3) is 0 Å². The Bertz CT molecular complexity index is 168. The number of amides is 3. The number of nitrogens with one attached hydrogen (secondary N) is 2. The molecule has 0 bridgehead atoms. The fourth-order valence-corrected chi connectivity index (χ4v) is 0.682. The molecule has 0 spiro atoms. The highest BCUT2D eigenvalue weighted by Crippen LogP contribution is 1.93. The predicted molar refractivity (Wildman–Crippen MR) is 32.1 cm³/mol. The van der Waals surface area contributed by atoms with Gasteiger partial charge in [-0.05, 0) is 6.92 Å². The number of imide groups is 1. The molecule has 1 rings (SSSR count). The summed E-state index contributed by atoms with van der Waals surface area (Å²) < 4.78 is 4.84. The predicted octanol–water partition coefficient (Wildman–Crippen LogP) is -0.812. The van der Waals surface area contributed by atoms with Gasteiger partial charge in [0.1, 0.15) is 0 Å². The zero-order valence-electron chi connectivity index (χ0n) is 5.51. The van der Waals surface area contributed by atoms with Gasteiger partial charge in [0.15, 0.2) is 0 Å². The lowest BCUT2D eigenvalue weighted by Gasteiger charge is -2.04. The molecule has 1 aliphatic heterocycles. The van der Waals surface area contributed by atoms with Crippen molar-refractivity contribution in [1.29, 1.82) is 0 Å². The lowest BCUT2D eigenvalue weighted by molar-refractivity contribution is -0.129. The van der Waals surface area contributed by atoms with Gasteiger partial charge in [-0.1, -0.05) is 0 Å². The SMILES string of the molecule is CCOC1NC(=O)NC1=O. The standard InChI is InChI=1S/C5H8N2O3/c1-2-10-4-3(8)6-5(9)7-4/h4H,2H2,1H3,(H2,6,7,8,9). The van der Waals surface area contributed by atoms with Crippen LogP contribution in [0.1, 0.15) is 6.92 Å². The van der Waals surface area contributed by atoms with Gasteiger partial charge in [0.05, 0.1) is 0 Å². The van der Waals surface area contributed by atoms with Gasteiger partial charge in [-0.15, -0.1) is 0 Å². The van der Waals surface area contributed by atoms with E-state index < -0.39 is 18.2 Å². The van der Waals surface area contributed by atoms with Gasteiger partial charge in [-0.25, -0.2) is 4.79 Å². The first kappa shape index (κ1) is 7.01. The second-order valence-corrected chi connectivity index (χ2v) is 1.80. The van der Waals surface area contributed by atoms with Crippen LogP contribution in [0.15, 0.2) is 0 Å². The van der Waals surface area contributed by atoms with Crippen molar-refractivity contribution < 1.29 is 14.3 Å². The molecule has 1 unspecified atom stereocenters. The second-order valence-electron chi connectivity index (χ2n) is 1.80. The Balaban J connectivity index is 2.46. The first-order valence-corrected chi connectivity index (χ1v) is 2.97.